The van der Waals surface area contributed by atoms with Gasteiger partial charge in [0.25, 0.3) is 0 Å². The van der Waals surface area contributed by atoms with Crippen LogP contribution < -0.4 is 10.6 Å². The van der Waals surface area contributed by atoms with Crippen molar-refractivity contribution in [2.24, 2.45) is 5.92 Å². The zero-order valence-electron chi connectivity index (χ0n) is 21.6. The van der Waals surface area contributed by atoms with E-state index in [1.807, 2.05) is 32.0 Å². The lowest BCUT2D eigenvalue weighted by Gasteiger charge is -2.33. The molecule has 1 fully saturated rings. The van der Waals surface area contributed by atoms with Gasteiger partial charge in [-0.1, -0.05) is 25.1 Å². The van der Waals surface area contributed by atoms with Gasteiger partial charge in [-0.25, -0.2) is 4.79 Å². The highest BCUT2D eigenvalue weighted by Gasteiger charge is 2.29. The first-order chi connectivity index (χ1) is 17.2. The van der Waals surface area contributed by atoms with Crippen molar-refractivity contribution < 1.29 is 19.1 Å². The van der Waals surface area contributed by atoms with Crippen LogP contribution in [0.25, 0.3) is 0 Å². The zero-order valence-corrected chi connectivity index (χ0v) is 22.4. The van der Waals surface area contributed by atoms with Gasteiger partial charge in [0, 0.05) is 36.7 Å². The molecule has 0 bridgehead atoms. The average Bonchev–Trinajstić information content (AvgIpc) is 3.18. The number of fused-ring (bicyclic) bond motifs is 1. The number of hydrogen-bond acceptors (Lipinski definition) is 7. The average molecular weight is 513 g/mol. The molecule has 2 amide bonds. The Bertz CT molecular complexity index is 1120. The van der Waals surface area contributed by atoms with Crippen LogP contribution in [0.4, 0.5) is 10.7 Å². The first kappa shape index (κ1) is 26.3. The van der Waals surface area contributed by atoms with Crippen LogP contribution in [0.3, 0.4) is 0 Å². The topological polar surface area (TPSA) is 91.0 Å². The number of thiophene rings is 1. The lowest BCUT2D eigenvalue weighted by atomic mass is 9.88. The summed E-state index contributed by atoms with van der Waals surface area (Å²) in [6, 6.07) is 5.97. The van der Waals surface area contributed by atoms with Crippen molar-refractivity contribution in [1.29, 1.82) is 0 Å². The van der Waals surface area contributed by atoms with Crippen molar-refractivity contribution in [2.45, 2.75) is 40.0 Å². The van der Waals surface area contributed by atoms with E-state index in [4.69, 9.17) is 4.74 Å². The zero-order chi connectivity index (χ0) is 25.8. The fourth-order valence-corrected chi connectivity index (χ4v) is 6.44. The molecule has 1 aromatic carbocycles. The second-order valence-electron chi connectivity index (χ2n) is 9.96. The minimum atomic E-state index is -0.384. The second-order valence-corrected chi connectivity index (χ2v) is 11.1. The van der Waals surface area contributed by atoms with Crippen LogP contribution in [0.2, 0.25) is 0 Å². The van der Waals surface area contributed by atoms with Crippen LogP contribution in [-0.4, -0.2) is 74.0 Å². The molecule has 0 spiro atoms. The molecule has 1 atom stereocenters. The van der Waals surface area contributed by atoms with Gasteiger partial charge in [0.1, 0.15) is 5.00 Å². The van der Waals surface area contributed by atoms with Crippen molar-refractivity contribution in [3.8, 4) is 0 Å². The van der Waals surface area contributed by atoms with Crippen LogP contribution in [0.1, 0.15) is 45.3 Å². The molecule has 2 aromatic rings. The second kappa shape index (κ2) is 11.5. The van der Waals surface area contributed by atoms with Crippen LogP contribution in [0.15, 0.2) is 18.2 Å². The van der Waals surface area contributed by atoms with Gasteiger partial charge < -0.3 is 15.4 Å². The van der Waals surface area contributed by atoms with E-state index in [-0.39, 0.29) is 24.3 Å². The van der Waals surface area contributed by atoms with Gasteiger partial charge in [-0.2, -0.15) is 0 Å². The van der Waals surface area contributed by atoms with E-state index in [1.165, 1.54) is 23.3 Å². The van der Waals surface area contributed by atoms with Crippen molar-refractivity contribution in [2.75, 3.05) is 57.0 Å². The normalized spacial score (nSPS) is 18.4. The monoisotopic (exact) mass is 512 g/mol. The number of anilines is 2. The molecule has 8 nitrogen and oxygen atoms in total. The Hall–Kier alpha value is -2.75. The third-order valence-electron chi connectivity index (χ3n) is 7.10. The summed E-state index contributed by atoms with van der Waals surface area (Å²) in [5, 5.41) is 6.63. The Balaban J connectivity index is 1.28. The Morgan fingerprint density at radius 1 is 1.00 bits per heavy atom. The number of rotatable bonds is 7. The van der Waals surface area contributed by atoms with Gasteiger partial charge in [-0.05, 0) is 55.7 Å². The maximum Gasteiger partial charge on any atom is 0.341 e. The standard InChI is InChI=1S/C27H36N4O4S/c1-17-8-9-20-21(14-17)36-26(24(20)27(34)35-4)29-23(33)16-31-12-10-30(11-13-31)15-22(32)28-25-18(2)6-5-7-19(25)3/h5-7,17H,8-16H2,1-4H3,(H,28,32)(H,29,33). The number of methoxy groups -OCH3 is 1. The van der Waals surface area contributed by atoms with Crippen molar-refractivity contribution in [3.05, 3.63) is 45.3 Å². The van der Waals surface area contributed by atoms with Gasteiger partial charge in [0.2, 0.25) is 11.8 Å². The summed E-state index contributed by atoms with van der Waals surface area (Å²) < 4.78 is 5.02. The molecule has 1 aromatic heterocycles. The molecule has 2 aliphatic rings. The summed E-state index contributed by atoms with van der Waals surface area (Å²) in [6.07, 6.45) is 2.80. The molecule has 1 unspecified atom stereocenters. The third-order valence-corrected chi connectivity index (χ3v) is 8.27. The number of piperazine rings is 1. The third kappa shape index (κ3) is 6.14. The molecule has 2 N–H and O–H groups in total. The van der Waals surface area contributed by atoms with Crippen LogP contribution in [0, 0.1) is 19.8 Å². The minimum Gasteiger partial charge on any atom is -0.465 e. The van der Waals surface area contributed by atoms with Crippen LogP contribution in [0.5, 0.6) is 0 Å². The molecular formula is C27H36N4O4S. The van der Waals surface area contributed by atoms with Gasteiger partial charge in [0.05, 0.1) is 25.8 Å². The van der Waals surface area contributed by atoms with Crippen LogP contribution in [-0.2, 0) is 27.2 Å². The van der Waals surface area contributed by atoms with E-state index in [1.54, 1.807) is 0 Å². The molecule has 1 saturated heterocycles. The number of hydrogen-bond donors (Lipinski definition) is 2. The Morgan fingerprint density at radius 3 is 2.17 bits per heavy atom. The minimum absolute atomic E-state index is 0.0232. The molecule has 0 radical (unpaired) electrons. The fraction of sp³-hybridized carbons (Fsp3) is 0.519. The lowest BCUT2D eigenvalue weighted by molar-refractivity contribution is -0.120. The number of carbonyl (C=O) groups is 3. The van der Waals surface area contributed by atoms with E-state index in [0.29, 0.717) is 49.2 Å². The molecule has 194 valence electrons. The Morgan fingerprint density at radius 2 is 1.58 bits per heavy atom. The van der Waals surface area contributed by atoms with E-state index in [9.17, 15) is 14.4 Å². The Kier molecular flexibility index (Phi) is 8.43. The molecule has 1 aliphatic carbocycles. The molecule has 2 heterocycles. The van der Waals surface area contributed by atoms with Crippen molar-refractivity contribution >= 4 is 39.8 Å². The highest BCUT2D eigenvalue weighted by Crippen LogP contribution is 2.40. The van der Waals surface area contributed by atoms with E-state index >= 15 is 0 Å². The number of aryl methyl sites for hydroxylation is 2. The van der Waals surface area contributed by atoms with Crippen molar-refractivity contribution in [3.63, 3.8) is 0 Å². The molecule has 1 aliphatic heterocycles. The number of para-hydroxylation sites is 1. The quantitative estimate of drug-likeness (QED) is 0.552. The molecular weight excluding hydrogens is 476 g/mol. The van der Waals surface area contributed by atoms with Crippen molar-refractivity contribution in [1.82, 2.24) is 9.80 Å². The summed E-state index contributed by atoms with van der Waals surface area (Å²) >= 11 is 1.51. The number of carbonyl (C=O) groups excluding carboxylic acids is 3. The highest BCUT2D eigenvalue weighted by molar-refractivity contribution is 7.17. The number of nitrogens with zero attached hydrogens (tertiary/aromatic N) is 2. The predicted molar refractivity (Wildman–Crippen MR) is 143 cm³/mol. The van der Waals surface area contributed by atoms with Gasteiger partial charge in [0.15, 0.2) is 0 Å². The Labute approximate surface area is 217 Å². The number of benzene rings is 1. The number of esters is 1. The first-order valence-corrected chi connectivity index (χ1v) is 13.4. The number of nitrogens with one attached hydrogen (secondary N) is 2. The van der Waals surface area contributed by atoms with E-state index < -0.39 is 0 Å². The lowest BCUT2D eigenvalue weighted by Crippen LogP contribution is -2.50. The van der Waals surface area contributed by atoms with Crippen LogP contribution >= 0.6 is 11.3 Å². The van der Waals surface area contributed by atoms with Gasteiger partial charge >= 0.3 is 5.97 Å². The summed E-state index contributed by atoms with van der Waals surface area (Å²) in [5.41, 5.74) is 4.55. The largest absolute Gasteiger partial charge is 0.465 e. The summed E-state index contributed by atoms with van der Waals surface area (Å²) in [6.45, 7) is 9.61. The van der Waals surface area contributed by atoms with Gasteiger partial charge in [-0.15, -0.1) is 11.3 Å². The fourth-order valence-electron chi connectivity index (χ4n) is 5.03. The van der Waals surface area contributed by atoms with Gasteiger partial charge in [-0.3, -0.25) is 19.4 Å². The maximum absolute atomic E-state index is 12.9. The smallest absolute Gasteiger partial charge is 0.341 e. The molecule has 0 saturated carbocycles. The summed E-state index contributed by atoms with van der Waals surface area (Å²) in [5.74, 6) is 0.0346. The number of amides is 2. The molecule has 36 heavy (non-hydrogen) atoms. The first-order valence-electron chi connectivity index (χ1n) is 12.6. The molecule has 4 rings (SSSR count). The SMILES string of the molecule is COC(=O)c1c(NC(=O)CN2CCN(CC(=O)Nc3c(C)cccc3C)CC2)sc2c1CCC(C)C2. The van der Waals surface area contributed by atoms with E-state index in [0.717, 1.165) is 41.6 Å². The predicted octanol–water partition coefficient (Wildman–Crippen LogP) is 3.47. The van der Waals surface area contributed by atoms with E-state index in [2.05, 4.69) is 27.4 Å². The highest BCUT2D eigenvalue weighted by atomic mass is 32.1. The maximum atomic E-state index is 12.9. The summed E-state index contributed by atoms with van der Waals surface area (Å²) in [4.78, 5) is 43.3. The number of ether oxygens (including phenoxy) is 1. The molecule has 9 heteroatoms. The summed E-state index contributed by atoms with van der Waals surface area (Å²) in [7, 11) is 1.38.